The Morgan fingerprint density at radius 1 is 1.48 bits per heavy atom. The summed E-state index contributed by atoms with van der Waals surface area (Å²) in [7, 11) is 1.77. The third kappa shape index (κ3) is 2.99. The molecule has 2 aromatic rings. The number of rotatable bonds is 3. The number of piperidine rings is 1. The molecule has 2 heterocycles. The first-order valence-corrected chi connectivity index (χ1v) is 8.06. The molecule has 0 radical (unpaired) electrons. The second kappa shape index (κ2) is 6.20. The van der Waals surface area contributed by atoms with E-state index in [-0.39, 0.29) is 0 Å². The lowest BCUT2D eigenvalue weighted by atomic mass is 9.98. The van der Waals surface area contributed by atoms with Crippen molar-refractivity contribution in [1.82, 2.24) is 4.98 Å². The van der Waals surface area contributed by atoms with E-state index in [0.717, 1.165) is 40.8 Å². The average Bonchev–Trinajstić information content (AvgIpc) is 2.49. The van der Waals surface area contributed by atoms with Crippen LogP contribution in [0.5, 0.6) is 0 Å². The van der Waals surface area contributed by atoms with E-state index >= 15 is 0 Å². The molecule has 0 bridgehead atoms. The van der Waals surface area contributed by atoms with Gasteiger partial charge in [0.1, 0.15) is 0 Å². The van der Waals surface area contributed by atoms with Crippen molar-refractivity contribution in [2.75, 3.05) is 37.4 Å². The highest BCUT2D eigenvalue weighted by molar-refractivity contribution is 9.10. The molecule has 1 aromatic carbocycles. The summed E-state index contributed by atoms with van der Waals surface area (Å²) < 4.78 is 6.27. The van der Waals surface area contributed by atoms with Gasteiger partial charge >= 0.3 is 0 Å². The molecule has 21 heavy (non-hydrogen) atoms. The van der Waals surface area contributed by atoms with Crippen LogP contribution in [0.2, 0.25) is 0 Å². The van der Waals surface area contributed by atoms with E-state index in [2.05, 4.69) is 31.9 Å². The fourth-order valence-electron chi connectivity index (χ4n) is 3.11. The minimum absolute atomic E-state index is 0.590. The Balaban J connectivity index is 1.98. The molecule has 5 heteroatoms. The summed E-state index contributed by atoms with van der Waals surface area (Å²) in [4.78, 5) is 7.00. The molecule has 1 fully saturated rings. The molecule has 2 N–H and O–H groups in total. The predicted octanol–water partition coefficient (Wildman–Crippen LogP) is 3.44. The molecule has 1 aliphatic rings. The fraction of sp³-hybridized carbons (Fsp3) is 0.438. The molecular weight excluding hydrogens is 330 g/mol. The van der Waals surface area contributed by atoms with Gasteiger partial charge < -0.3 is 15.4 Å². The first-order chi connectivity index (χ1) is 10.2. The van der Waals surface area contributed by atoms with Gasteiger partial charge in [0, 0.05) is 41.9 Å². The zero-order chi connectivity index (χ0) is 14.8. The number of nitrogens with two attached hydrogens (primary N) is 1. The van der Waals surface area contributed by atoms with Gasteiger partial charge in [-0.2, -0.15) is 0 Å². The molecule has 0 spiro atoms. The van der Waals surface area contributed by atoms with Gasteiger partial charge in [0.2, 0.25) is 0 Å². The standard InChI is InChI=1S/C16H20BrN3O/c1-21-10-11-3-2-6-20(9-11)15-5-4-14(18)13-7-12(17)8-19-16(13)15/h4-5,7-8,11H,2-3,6,9-10,18H2,1H3. The number of anilines is 2. The summed E-state index contributed by atoms with van der Waals surface area (Å²) in [5.41, 5.74) is 9.03. The third-order valence-electron chi connectivity index (χ3n) is 4.09. The lowest BCUT2D eigenvalue weighted by molar-refractivity contribution is 0.143. The minimum Gasteiger partial charge on any atom is -0.398 e. The van der Waals surface area contributed by atoms with Crippen LogP contribution in [-0.4, -0.2) is 31.8 Å². The lowest BCUT2D eigenvalue weighted by Gasteiger charge is -2.34. The van der Waals surface area contributed by atoms with Crippen molar-refractivity contribution < 1.29 is 4.74 Å². The van der Waals surface area contributed by atoms with Gasteiger partial charge in [-0.05, 0) is 52.9 Å². The molecule has 112 valence electrons. The number of aromatic nitrogens is 1. The zero-order valence-corrected chi connectivity index (χ0v) is 13.8. The summed E-state index contributed by atoms with van der Waals surface area (Å²) in [6, 6.07) is 6.11. The Morgan fingerprint density at radius 2 is 2.33 bits per heavy atom. The average molecular weight is 350 g/mol. The largest absolute Gasteiger partial charge is 0.398 e. The van der Waals surface area contributed by atoms with Gasteiger partial charge in [-0.15, -0.1) is 0 Å². The summed E-state index contributed by atoms with van der Waals surface area (Å²) in [6.45, 7) is 2.91. The lowest BCUT2D eigenvalue weighted by Crippen LogP contribution is -2.37. The molecule has 1 atom stereocenters. The Hall–Kier alpha value is -1.33. The third-order valence-corrected chi connectivity index (χ3v) is 4.52. The van der Waals surface area contributed by atoms with Crippen LogP contribution in [0.4, 0.5) is 11.4 Å². The highest BCUT2D eigenvalue weighted by Crippen LogP contribution is 2.33. The molecule has 0 amide bonds. The highest BCUT2D eigenvalue weighted by Gasteiger charge is 2.22. The van der Waals surface area contributed by atoms with Gasteiger partial charge in [-0.1, -0.05) is 0 Å². The van der Waals surface area contributed by atoms with Crippen molar-refractivity contribution in [2.24, 2.45) is 5.92 Å². The van der Waals surface area contributed by atoms with E-state index in [0.29, 0.717) is 5.92 Å². The van der Waals surface area contributed by atoms with Crippen LogP contribution in [0.3, 0.4) is 0 Å². The zero-order valence-electron chi connectivity index (χ0n) is 12.2. The molecule has 1 saturated heterocycles. The van der Waals surface area contributed by atoms with Gasteiger partial charge in [-0.25, -0.2) is 0 Å². The number of nitrogen functional groups attached to an aromatic ring is 1. The van der Waals surface area contributed by atoms with Crippen molar-refractivity contribution in [3.8, 4) is 0 Å². The predicted molar refractivity (Wildman–Crippen MR) is 90.7 cm³/mol. The topological polar surface area (TPSA) is 51.4 Å². The van der Waals surface area contributed by atoms with Crippen LogP contribution in [0.1, 0.15) is 12.8 Å². The monoisotopic (exact) mass is 349 g/mol. The smallest absolute Gasteiger partial charge is 0.0956 e. The van der Waals surface area contributed by atoms with Crippen molar-refractivity contribution in [3.05, 3.63) is 28.9 Å². The molecule has 0 saturated carbocycles. The van der Waals surface area contributed by atoms with Gasteiger partial charge in [0.05, 0.1) is 17.8 Å². The van der Waals surface area contributed by atoms with E-state index in [1.165, 1.54) is 18.5 Å². The molecule has 0 aliphatic carbocycles. The fourth-order valence-corrected chi connectivity index (χ4v) is 3.44. The maximum Gasteiger partial charge on any atom is 0.0956 e. The Bertz CT molecular complexity index is 645. The molecule has 4 nitrogen and oxygen atoms in total. The number of fused-ring (bicyclic) bond motifs is 1. The number of hydrogen-bond acceptors (Lipinski definition) is 4. The van der Waals surface area contributed by atoms with Gasteiger partial charge in [0.15, 0.2) is 0 Å². The summed E-state index contributed by atoms with van der Waals surface area (Å²) in [6.07, 6.45) is 4.26. The van der Waals surface area contributed by atoms with Gasteiger partial charge in [-0.3, -0.25) is 4.98 Å². The number of benzene rings is 1. The Labute approximate surface area is 133 Å². The first kappa shape index (κ1) is 14.6. The summed E-state index contributed by atoms with van der Waals surface area (Å²) in [5.74, 6) is 0.590. The number of nitrogens with zero attached hydrogens (tertiary/aromatic N) is 2. The van der Waals surface area contributed by atoms with Gasteiger partial charge in [0.25, 0.3) is 0 Å². The van der Waals surface area contributed by atoms with E-state index in [9.17, 15) is 0 Å². The second-order valence-electron chi connectivity index (χ2n) is 5.63. The molecule has 1 aromatic heterocycles. The van der Waals surface area contributed by atoms with Crippen LogP contribution in [0.25, 0.3) is 10.9 Å². The first-order valence-electron chi connectivity index (χ1n) is 7.26. The Kier molecular flexibility index (Phi) is 4.31. The van der Waals surface area contributed by atoms with Crippen molar-refractivity contribution in [3.63, 3.8) is 0 Å². The van der Waals surface area contributed by atoms with E-state index in [1.807, 2.05) is 18.3 Å². The van der Waals surface area contributed by atoms with Crippen molar-refractivity contribution >= 4 is 38.2 Å². The van der Waals surface area contributed by atoms with E-state index < -0.39 is 0 Å². The van der Waals surface area contributed by atoms with Crippen LogP contribution >= 0.6 is 15.9 Å². The quantitative estimate of drug-likeness (QED) is 0.862. The van der Waals surface area contributed by atoms with Crippen LogP contribution in [0, 0.1) is 5.92 Å². The number of methoxy groups -OCH3 is 1. The van der Waals surface area contributed by atoms with Crippen LogP contribution < -0.4 is 10.6 Å². The Morgan fingerprint density at radius 3 is 3.14 bits per heavy atom. The van der Waals surface area contributed by atoms with Crippen LogP contribution in [-0.2, 0) is 4.74 Å². The summed E-state index contributed by atoms with van der Waals surface area (Å²) >= 11 is 3.47. The maximum absolute atomic E-state index is 6.10. The number of halogens is 1. The number of pyridine rings is 1. The minimum atomic E-state index is 0.590. The van der Waals surface area contributed by atoms with E-state index in [1.54, 1.807) is 7.11 Å². The summed E-state index contributed by atoms with van der Waals surface area (Å²) in [5, 5.41) is 1.01. The molecule has 1 unspecified atom stereocenters. The van der Waals surface area contributed by atoms with E-state index in [4.69, 9.17) is 10.5 Å². The second-order valence-corrected chi connectivity index (χ2v) is 6.55. The number of ether oxygens (including phenoxy) is 1. The van der Waals surface area contributed by atoms with Crippen molar-refractivity contribution in [1.29, 1.82) is 0 Å². The normalized spacial score (nSPS) is 19.1. The highest BCUT2D eigenvalue weighted by atomic mass is 79.9. The van der Waals surface area contributed by atoms with Crippen molar-refractivity contribution in [2.45, 2.75) is 12.8 Å². The SMILES string of the molecule is COCC1CCCN(c2ccc(N)c3cc(Br)cnc23)C1. The van der Waals surface area contributed by atoms with Crippen LogP contribution in [0.15, 0.2) is 28.9 Å². The molecule has 1 aliphatic heterocycles. The maximum atomic E-state index is 6.10. The molecular formula is C16H20BrN3O. The molecule has 3 rings (SSSR count). The number of hydrogen-bond donors (Lipinski definition) is 1.